The van der Waals surface area contributed by atoms with E-state index >= 15 is 0 Å². The number of hydrogen-bond donors (Lipinski definition) is 1. The Balaban J connectivity index is 1.56. The maximum Gasteiger partial charge on any atom is 0.308 e. The first-order chi connectivity index (χ1) is 13.4. The van der Waals surface area contributed by atoms with E-state index in [0.29, 0.717) is 16.9 Å². The van der Waals surface area contributed by atoms with Crippen LogP contribution < -0.4 is 10.9 Å². The summed E-state index contributed by atoms with van der Waals surface area (Å²) in [6, 6.07) is 15.1. The highest BCUT2D eigenvalue weighted by Gasteiger charge is 2.15. The van der Waals surface area contributed by atoms with Crippen LogP contribution in [-0.4, -0.2) is 27.3 Å². The van der Waals surface area contributed by atoms with Crippen LogP contribution in [0, 0.1) is 6.92 Å². The third-order valence-electron chi connectivity index (χ3n) is 4.20. The van der Waals surface area contributed by atoms with Crippen molar-refractivity contribution in [1.29, 1.82) is 0 Å². The molecule has 0 bridgehead atoms. The molecule has 3 rings (SSSR count). The van der Waals surface area contributed by atoms with Gasteiger partial charge in [0.25, 0.3) is 11.5 Å². The van der Waals surface area contributed by atoms with Crippen molar-refractivity contribution in [3.63, 3.8) is 0 Å². The van der Waals surface area contributed by atoms with Crippen LogP contribution in [0.1, 0.15) is 35.1 Å². The number of hydrogen-bond acceptors (Lipinski definition) is 5. The number of nitrogens with one attached hydrogen (secondary N) is 1. The summed E-state index contributed by atoms with van der Waals surface area (Å²) in [6.45, 7) is 3.45. The molecule has 1 unspecified atom stereocenters. The molecule has 0 aliphatic rings. The third kappa shape index (κ3) is 4.62. The standard InChI is InChI=1S/C21H21N3O4/c1-14(22-21(27)16-8-4-3-5-9-16)11-20(26)28-13-17-12-19(25)24-15(2)7-6-10-18(24)23-17/h3-10,12,14H,11,13H2,1-2H3,(H,22,27). The van der Waals surface area contributed by atoms with Gasteiger partial charge in [0.15, 0.2) is 0 Å². The summed E-state index contributed by atoms with van der Waals surface area (Å²) in [5, 5.41) is 2.76. The monoisotopic (exact) mass is 379 g/mol. The molecule has 7 nitrogen and oxygen atoms in total. The highest BCUT2D eigenvalue weighted by atomic mass is 16.5. The largest absolute Gasteiger partial charge is 0.459 e. The number of fused-ring (bicyclic) bond motifs is 1. The van der Waals surface area contributed by atoms with Crippen molar-refractivity contribution >= 4 is 17.5 Å². The van der Waals surface area contributed by atoms with Crippen LogP contribution in [0.5, 0.6) is 0 Å². The summed E-state index contributed by atoms with van der Waals surface area (Å²) in [5.41, 5.74) is 1.96. The number of amides is 1. The Morgan fingerprint density at radius 1 is 1.14 bits per heavy atom. The van der Waals surface area contributed by atoms with E-state index in [1.54, 1.807) is 37.3 Å². The third-order valence-corrected chi connectivity index (χ3v) is 4.20. The van der Waals surface area contributed by atoms with Gasteiger partial charge in [0.1, 0.15) is 12.3 Å². The van der Waals surface area contributed by atoms with Crippen LogP contribution >= 0.6 is 0 Å². The van der Waals surface area contributed by atoms with Crippen molar-refractivity contribution in [3.05, 3.63) is 81.9 Å². The lowest BCUT2D eigenvalue weighted by Gasteiger charge is -2.13. The number of ether oxygens (including phenoxy) is 1. The van der Waals surface area contributed by atoms with Gasteiger partial charge in [-0.1, -0.05) is 24.3 Å². The lowest BCUT2D eigenvalue weighted by atomic mass is 10.2. The predicted octanol–water partition coefficient (Wildman–Crippen LogP) is 2.25. The van der Waals surface area contributed by atoms with Crippen LogP contribution in [0.3, 0.4) is 0 Å². The normalized spacial score (nSPS) is 11.8. The van der Waals surface area contributed by atoms with Gasteiger partial charge in [-0.15, -0.1) is 0 Å². The second-order valence-corrected chi connectivity index (χ2v) is 6.55. The van der Waals surface area contributed by atoms with Crippen LogP contribution in [0.25, 0.3) is 5.65 Å². The maximum absolute atomic E-state index is 12.2. The van der Waals surface area contributed by atoms with Crippen LogP contribution in [0.15, 0.2) is 59.4 Å². The minimum absolute atomic E-state index is 0.0181. The quantitative estimate of drug-likeness (QED) is 0.664. The van der Waals surface area contributed by atoms with E-state index in [0.717, 1.165) is 5.69 Å². The molecule has 1 amide bonds. The minimum Gasteiger partial charge on any atom is -0.459 e. The fraction of sp³-hybridized carbons (Fsp3) is 0.238. The van der Waals surface area contributed by atoms with Gasteiger partial charge < -0.3 is 10.1 Å². The predicted molar refractivity (Wildman–Crippen MR) is 104 cm³/mol. The number of rotatable bonds is 6. The Kier molecular flexibility index (Phi) is 5.84. The molecule has 0 aliphatic carbocycles. The van der Waals surface area contributed by atoms with Gasteiger partial charge in [-0.25, -0.2) is 4.98 Å². The van der Waals surface area contributed by atoms with Crippen LogP contribution in [0.4, 0.5) is 0 Å². The molecule has 0 saturated carbocycles. The zero-order valence-corrected chi connectivity index (χ0v) is 15.7. The van der Waals surface area contributed by atoms with E-state index in [2.05, 4.69) is 10.3 Å². The molecule has 2 heterocycles. The summed E-state index contributed by atoms with van der Waals surface area (Å²) >= 11 is 0. The molecule has 0 saturated heterocycles. The lowest BCUT2D eigenvalue weighted by molar-refractivity contribution is -0.145. The van der Waals surface area contributed by atoms with Gasteiger partial charge in [0.05, 0.1) is 12.1 Å². The summed E-state index contributed by atoms with van der Waals surface area (Å²) in [4.78, 5) is 40.7. The second kappa shape index (κ2) is 8.47. The van der Waals surface area contributed by atoms with Crippen LogP contribution in [-0.2, 0) is 16.1 Å². The molecule has 1 N–H and O–H groups in total. The van der Waals surface area contributed by atoms with E-state index < -0.39 is 12.0 Å². The molecule has 1 aromatic carbocycles. The van der Waals surface area contributed by atoms with E-state index in [-0.39, 0.29) is 24.5 Å². The molecule has 7 heteroatoms. The van der Waals surface area contributed by atoms with E-state index in [1.807, 2.05) is 25.1 Å². The highest BCUT2D eigenvalue weighted by molar-refractivity contribution is 5.94. The Bertz CT molecular complexity index is 1060. The zero-order valence-electron chi connectivity index (χ0n) is 15.7. The summed E-state index contributed by atoms with van der Waals surface area (Å²) in [7, 11) is 0. The summed E-state index contributed by atoms with van der Waals surface area (Å²) < 4.78 is 6.71. The molecule has 3 aromatic rings. The summed E-state index contributed by atoms with van der Waals surface area (Å²) in [5.74, 6) is -0.729. The molecule has 1 atom stereocenters. The van der Waals surface area contributed by atoms with Gasteiger partial charge in [0.2, 0.25) is 0 Å². The molecule has 0 spiro atoms. The first-order valence-corrected chi connectivity index (χ1v) is 8.94. The van der Waals surface area contributed by atoms with Gasteiger partial charge in [-0.2, -0.15) is 0 Å². The molecular formula is C21H21N3O4. The Morgan fingerprint density at radius 3 is 2.64 bits per heavy atom. The molecule has 0 radical (unpaired) electrons. The number of carbonyl (C=O) groups excluding carboxylic acids is 2. The maximum atomic E-state index is 12.2. The van der Waals surface area contributed by atoms with Gasteiger partial charge in [-0.05, 0) is 38.1 Å². The SMILES string of the molecule is Cc1cccc2nc(COC(=O)CC(C)NC(=O)c3ccccc3)cc(=O)n12. The van der Waals surface area contributed by atoms with Crippen molar-refractivity contribution in [3.8, 4) is 0 Å². The molecular weight excluding hydrogens is 358 g/mol. The first-order valence-electron chi connectivity index (χ1n) is 8.94. The number of aromatic nitrogens is 2. The van der Waals surface area contributed by atoms with Crippen molar-refractivity contribution < 1.29 is 14.3 Å². The van der Waals surface area contributed by atoms with Gasteiger partial charge >= 0.3 is 5.97 Å². The molecule has 144 valence electrons. The Morgan fingerprint density at radius 2 is 1.89 bits per heavy atom. The Hall–Kier alpha value is -3.48. The summed E-state index contributed by atoms with van der Waals surface area (Å²) in [6.07, 6.45) is 0.0181. The van der Waals surface area contributed by atoms with Gasteiger partial charge in [-0.3, -0.25) is 18.8 Å². The number of pyridine rings is 1. The van der Waals surface area contributed by atoms with Gasteiger partial charge in [0, 0.05) is 23.4 Å². The number of nitrogens with zero attached hydrogens (tertiary/aromatic N) is 2. The number of benzene rings is 1. The molecule has 28 heavy (non-hydrogen) atoms. The average molecular weight is 379 g/mol. The highest BCUT2D eigenvalue weighted by Crippen LogP contribution is 2.06. The topological polar surface area (TPSA) is 89.8 Å². The van der Waals surface area contributed by atoms with E-state index in [9.17, 15) is 14.4 Å². The molecule has 2 aromatic heterocycles. The number of aryl methyl sites for hydroxylation is 1. The zero-order chi connectivity index (χ0) is 20.1. The molecule has 0 fully saturated rings. The smallest absolute Gasteiger partial charge is 0.308 e. The lowest BCUT2D eigenvalue weighted by Crippen LogP contribution is -2.34. The van der Waals surface area contributed by atoms with Crippen molar-refractivity contribution in [1.82, 2.24) is 14.7 Å². The van der Waals surface area contributed by atoms with Crippen molar-refractivity contribution in [2.45, 2.75) is 32.9 Å². The fourth-order valence-electron chi connectivity index (χ4n) is 2.85. The Labute approximate surface area is 162 Å². The van der Waals surface area contributed by atoms with E-state index in [4.69, 9.17) is 4.74 Å². The molecule has 0 aliphatic heterocycles. The first kappa shape index (κ1) is 19.3. The number of carbonyl (C=O) groups is 2. The van der Waals surface area contributed by atoms with Crippen LogP contribution in [0.2, 0.25) is 0 Å². The van der Waals surface area contributed by atoms with Crippen molar-refractivity contribution in [2.75, 3.05) is 0 Å². The van der Waals surface area contributed by atoms with Crippen molar-refractivity contribution in [2.24, 2.45) is 0 Å². The average Bonchev–Trinajstić information content (AvgIpc) is 2.66. The second-order valence-electron chi connectivity index (χ2n) is 6.55. The number of esters is 1. The van der Waals surface area contributed by atoms with E-state index in [1.165, 1.54) is 10.5 Å². The minimum atomic E-state index is -0.480. The fourth-order valence-corrected chi connectivity index (χ4v) is 2.85.